The first-order chi connectivity index (χ1) is 7.76. The number of imide groups is 1. The summed E-state index contributed by atoms with van der Waals surface area (Å²) in [5, 5.41) is 11.3. The molecule has 1 heterocycles. The Morgan fingerprint density at radius 1 is 1.41 bits per heavy atom. The fraction of sp³-hybridized carbons (Fsp3) is 0.727. The minimum atomic E-state index is -1.18. The third-order valence-corrected chi connectivity index (χ3v) is 3.55. The number of hydrogen-bond acceptors (Lipinski definition) is 3. The quantitative estimate of drug-likeness (QED) is 0.691. The van der Waals surface area contributed by atoms with Gasteiger partial charge in [0.2, 0.25) is 0 Å². The molecule has 0 aromatic heterocycles. The van der Waals surface area contributed by atoms with Gasteiger partial charge in [-0.2, -0.15) is 0 Å². The van der Waals surface area contributed by atoms with Crippen LogP contribution in [0, 0.1) is 5.41 Å². The maximum Gasteiger partial charge on any atom is 0.325 e. The molecule has 0 radical (unpaired) electrons. The Labute approximate surface area is 99.0 Å². The van der Waals surface area contributed by atoms with E-state index in [2.05, 4.69) is 5.32 Å². The molecular weight excluding hydrogens is 224 g/mol. The molecule has 6 nitrogen and oxygen atoms in total. The molecule has 1 spiro atoms. The van der Waals surface area contributed by atoms with Gasteiger partial charge in [0, 0.05) is 0 Å². The summed E-state index contributed by atoms with van der Waals surface area (Å²) in [6.07, 6.45) is 2.00. The largest absolute Gasteiger partial charge is 0.480 e. The highest BCUT2D eigenvalue weighted by Crippen LogP contribution is 2.46. The minimum Gasteiger partial charge on any atom is -0.480 e. The van der Waals surface area contributed by atoms with Gasteiger partial charge >= 0.3 is 12.0 Å². The van der Waals surface area contributed by atoms with Crippen molar-refractivity contribution >= 4 is 17.9 Å². The van der Waals surface area contributed by atoms with Gasteiger partial charge in [-0.25, -0.2) is 4.79 Å². The van der Waals surface area contributed by atoms with Crippen LogP contribution in [-0.2, 0) is 9.59 Å². The molecule has 1 atom stereocenters. The average Bonchev–Trinajstić information content (AvgIpc) is 2.59. The van der Waals surface area contributed by atoms with Crippen LogP contribution >= 0.6 is 0 Å². The molecule has 3 amide bonds. The standard InChI is InChI=1S/C11H16N2O4/c1-10(2)3-4-11(6-10)8(16)13(5-7(14)15)9(17)12-11/h3-6H2,1-2H3,(H,12,17)(H,14,15). The van der Waals surface area contributed by atoms with Crippen molar-refractivity contribution in [3.05, 3.63) is 0 Å². The average molecular weight is 240 g/mol. The molecule has 94 valence electrons. The van der Waals surface area contributed by atoms with Crippen LogP contribution in [0.3, 0.4) is 0 Å². The first-order valence-corrected chi connectivity index (χ1v) is 5.62. The van der Waals surface area contributed by atoms with E-state index in [4.69, 9.17) is 5.11 Å². The van der Waals surface area contributed by atoms with Crippen molar-refractivity contribution in [2.24, 2.45) is 5.41 Å². The number of carbonyl (C=O) groups is 3. The monoisotopic (exact) mass is 240 g/mol. The third-order valence-electron chi connectivity index (χ3n) is 3.55. The summed E-state index contributed by atoms with van der Waals surface area (Å²) >= 11 is 0. The van der Waals surface area contributed by atoms with E-state index in [1.54, 1.807) is 0 Å². The van der Waals surface area contributed by atoms with Crippen LogP contribution in [-0.4, -0.2) is 40.0 Å². The molecule has 0 bridgehead atoms. The molecule has 2 aliphatic rings. The second-order valence-corrected chi connectivity index (χ2v) is 5.64. The lowest BCUT2D eigenvalue weighted by Gasteiger charge is -2.23. The van der Waals surface area contributed by atoms with Crippen LogP contribution in [0.25, 0.3) is 0 Å². The number of nitrogens with zero attached hydrogens (tertiary/aromatic N) is 1. The molecular formula is C11H16N2O4. The molecule has 17 heavy (non-hydrogen) atoms. The second-order valence-electron chi connectivity index (χ2n) is 5.64. The number of carboxylic acid groups (broad SMARTS) is 1. The van der Waals surface area contributed by atoms with E-state index < -0.39 is 30.0 Å². The van der Waals surface area contributed by atoms with E-state index in [0.29, 0.717) is 12.8 Å². The summed E-state index contributed by atoms with van der Waals surface area (Å²) in [5.41, 5.74) is -0.863. The molecule has 6 heteroatoms. The zero-order valence-corrected chi connectivity index (χ0v) is 9.95. The van der Waals surface area contributed by atoms with Crippen LogP contribution in [0.15, 0.2) is 0 Å². The van der Waals surface area contributed by atoms with Gasteiger partial charge in [0.15, 0.2) is 0 Å². The van der Waals surface area contributed by atoms with E-state index >= 15 is 0 Å². The zero-order chi connectivity index (χ0) is 12.8. The van der Waals surface area contributed by atoms with Crippen molar-refractivity contribution < 1.29 is 19.5 Å². The number of nitrogens with one attached hydrogen (secondary N) is 1. The number of hydrogen-bond donors (Lipinski definition) is 2. The Hall–Kier alpha value is -1.59. The van der Waals surface area contributed by atoms with Gasteiger partial charge < -0.3 is 10.4 Å². The highest BCUT2D eigenvalue weighted by molar-refractivity contribution is 6.08. The Morgan fingerprint density at radius 3 is 2.53 bits per heavy atom. The van der Waals surface area contributed by atoms with Crippen LogP contribution in [0.1, 0.15) is 33.1 Å². The van der Waals surface area contributed by atoms with E-state index in [1.807, 2.05) is 13.8 Å². The van der Waals surface area contributed by atoms with E-state index in [0.717, 1.165) is 11.3 Å². The molecule has 1 aliphatic carbocycles. The van der Waals surface area contributed by atoms with E-state index in [1.165, 1.54) is 0 Å². The fourth-order valence-electron chi connectivity index (χ4n) is 2.79. The summed E-state index contributed by atoms with van der Waals surface area (Å²) in [6.45, 7) is 3.52. The van der Waals surface area contributed by atoms with Gasteiger partial charge in [-0.1, -0.05) is 13.8 Å². The first kappa shape index (κ1) is 11.9. The SMILES string of the molecule is CC1(C)CCC2(C1)NC(=O)N(CC(=O)O)C2=O. The Kier molecular flexibility index (Phi) is 2.41. The van der Waals surface area contributed by atoms with Crippen LogP contribution in [0.2, 0.25) is 0 Å². The van der Waals surface area contributed by atoms with Gasteiger partial charge in [0.25, 0.3) is 5.91 Å². The normalized spacial score (nSPS) is 31.1. The lowest BCUT2D eigenvalue weighted by atomic mass is 9.87. The number of urea groups is 1. The van der Waals surface area contributed by atoms with Gasteiger partial charge in [-0.3, -0.25) is 14.5 Å². The third kappa shape index (κ3) is 1.87. The lowest BCUT2D eigenvalue weighted by Crippen LogP contribution is -2.45. The maximum atomic E-state index is 12.1. The van der Waals surface area contributed by atoms with Crippen molar-refractivity contribution in [1.82, 2.24) is 10.2 Å². The molecule has 2 fully saturated rings. The summed E-state index contributed by atoms with van der Waals surface area (Å²) in [6, 6.07) is -0.588. The topological polar surface area (TPSA) is 86.7 Å². The summed E-state index contributed by atoms with van der Waals surface area (Å²) < 4.78 is 0. The number of carbonyl (C=O) groups excluding carboxylic acids is 2. The lowest BCUT2D eigenvalue weighted by molar-refractivity contribution is -0.142. The minimum absolute atomic E-state index is 0.00216. The highest BCUT2D eigenvalue weighted by Gasteiger charge is 2.56. The summed E-state index contributed by atoms with van der Waals surface area (Å²) in [7, 11) is 0. The van der Waals surface area contributed by atoms with Crippen LogP contribution < -0.4 is 5.32 Å². The van der Waals surface area contributed by atoms with Crippen molar-refractivity contribution in [2.45, 2.75) is 38.6 Å². The number of aliphatic carboxylic acids is 1. The zero-order valence-electron chi connectivity index (χ0n) is 9.95. The van der Waals surface area contributed by atoms with Gasteiger partial charge in [-0.05, 0) is 24.7 Å². The molecule has 0 aromatic rings. The molecule has 1 unspecified atom stereocenters. The van der Waals surface area contributed by atoms with Crippen molar-refractivity contribution in [3.8, 4) is 0 Å². The Balaban J connectivity index is 2.22. The predicted octanol–water partition coefficient (Wildman–Crippen LogP) is 0.572. The Morgan fingerprint density at radius 2 is 2.06 bits per heavy atom. The Bertz CT molecular complexity index is 404. The molecule has 1 saturated carbocycles. The van der Waals surface area contributed by atoms with Crippen molar-refractivity contribution in [1.29, 1.82) is 0 Å². The van der Waals surface area contributed by atoms with E-state index in [9.17, 15) is 14.4 Å². The molecule has 1 saturated heterocycles. The van der Waals surface area contributed by atoms with Crippen molar-refractivity contribution in [3.63, 3.8) is 0 Å². The van der Waals surface area contributed by atoms with Gasteiger partial charge in [0.1, 0.15) is 12.1 Å². The summed E-state index contributed by atoms with van der Waals surface area (Å²) in [5.74, 6) is -1.57. The molecule has 2 rings (SSSR count). The number of rotatable bonds is 2. The van der Waals surface area contributed by atoms with Gasteiger partial charge in [0.05, 0.1) is 0 Å². The maximum absolute atomic E-state index is 12.1. The van der Waals surface area contributed by atoms with E-state index in [-0.39, 0.29) is 5.41 Å². The molecule has 0 aromatic carbocycles. The predicted molar refractivity (Wildman–Crippen MR) is 58.2 cm³/mol. The molecule has 2 N–H and O–H groups in total. The van der Waals surface area contributed by atoms with Crippen LogP contribution in [0.4, 0.5) is 4.79 Å². The van der Waals surface area contributed by atoms with Crippen LogP contribution in [0.5, 0.6) is 0 Å². The highest BCUT2D eigenvalue weighted by atomic mass is 16.4. The smallest absolute Gasteiger partial charge is 0.325 e. The number of carboxylic acids is 1. The molecule has 1 aliphatic heterocycles. The summed E-state index contributed by atoms with van der Waals surface area (Å²) in [4.78, 5) is 35.2. The van der Waals surface area contributed by atoms with Gasteiger partial charge in [-0.15, -0.1) is 0 Å². The number of amides is 3. The van der Waals surface area contributed by atoms with Crippen molar-refractivity contribution in [2.75, 3.05) is 6.54 Å². The first-order valence-electron chi connectivity index (χ1n) is 5.62. The fourth-order valence-corrected chi connectivity index (χ4v) is 2.79. The second kappa shape index (κ2) is 3.45.